The largest absolute Gasteiger partial charge is 0.506 e. The van der Waals surface area contributed by atoms with Crippen LogP contribution in [0.1, 0.15) is 18.0 Å². The summed E-state index contributed by atoms with van der Waals surface area (Å²) in [4.78, 5) is 0. The van der Waals surface area contributed by atoms with Crippen LogP contribution in [0.4, 0.5) is 0 Å². The van der Waals surface area contributed by atoms with Crippen molar-refractivity contribution in [2.75, 3.05) is 0 Å². The molecule has 0 aliphatic rings. The fourth-order valence-electron chi connectivity index (χ4n) is 1.07. The van der Waals surface area contributed by atoms with E-state index in [-0.39, 0.29) is 24.2 Å². The van der Waals surface area contributed by atoms with Gasteiger partial charge in [0.2, 0.25) is 0 Å². The number of phenolic OH excluding ortho intramolecular Hbond substituents is 1. The van der Waals surface area contributed by atoms with Gasteiger partial charge in [-0.25, -0.2) is 0 Å². The van der Waals surface area contributed by atoms with E-state index in [2.05, 4.69) is 6.58 Å². The second kappa shape index (κ2) is 5.91. The Morgan fingerprint density at radius 1 is 1.57 bits per heavy atom. The molecule has 14 heavy (non-hydrogen) atoms. The topological polar surface area (TPSA) is 46.2 Å². The Bertz CT molecular complexity index is 315. The zero-order valence-electron chi connectivity index (χ0n) is 7.61. The summed E-state index contributed by atoms with van der Waals surface area (Å²) >= 11 is 5.73. The first-order valence-electron chi connectivity index (χ1n) is 4.00. The molecule has 1 rings (SSSR count). The van der Waals surface area contributed by atoms with Crippen LogP contribution in [-0.2, 0) is 0 Å². The third-order valence-corrected chi connectivity index (χ3v) is 2.12. The van der Waals surface area contributed by atoms with Crippen LogP contribution in [0.25, 0.3) is 0 Å². The number of benzene rings is 1. The molecule has 0 aliphatic heterocycles. The second-order valence-electron chi connectivity index (χ2n) is 2.84. The molecule has 0 bridgehead atoms. The van der Waals surface area contributed by atoms with Crippen LogP contribution >= 0.6 is 24.0 Å². The average molecular weight is 234 g/mol. The number of phenols is 1. The number of rotatable bonds is 3. The van der Waals surface area contributed by atoms with Crippen LogP contribution in [0, 0.1) is 0 Å². The Morgan fingerprint density at radius 2 is 2.21 bits per heavy atom. The molecule has 78 valence electrons. The van der Waals surface area contributed by atoms with E-state index < -0.39 is 0 Å². The Kier molecular flexibility index (Phi) is 5.62. The Labute approximate surface area is 94.8 Å². The summed E-state index contributed by atoms with van der Waals surface area (Å²) in [5.41, 5.74) is 6.72. The maximum absolute atomic E-state index is 9.16. The SMILES string of the molecule is C=CC[C@@H](N)c1ccc(O)c(Cl)c1.Cl. The minimum atomic E-state index is -0.101. The first-order chi connectivity index (χ1) is 6.15. The third-order valence-electron chi connectivity index (χ3n) is 1.82. The van der Waals surface area contributed by atoms with Gasteiger partial charge in [0.15, 0.2) is 0 Å². The molecule has 1 atom stereocenters. The summed E-state index contributed by atoms with van der Waals surface area (Å²) < 4.78 is 0. The molecule has 4 heteroatoms. The first kappa shape index (κ1) is 13.3. The van der Waals surface area contributed by atoms with E-state index in [0.717, 1.165) is 5.56 Å². The summed E-state index contributed by atoms with van der Waals surface area (Å²) in [7, 11) is 0. The molecular formula is C10H13Cl2NO. The molecule has 2 nitrogen and oxygen atoms in total. The van der Waals surface area contributed by atoms with Crippen LogP contribution in [-0.4, -0.2) is 5.11 Å². The number of aromatic hydroxyl groups is 1. The molecule has 1 aromatic carbocycles. The van der Waals surface area contributed by atoms with Crippen molar-refractivity contribution in [3.8, 4) is 5.75 Å². The van der Waals surface area contributed by atoms with Gasteiger partial charge in [0, 0.05) is 6.04 Å². The van der Waals surface area contributed by atoms with Gasteiger partial charge in [-0.05, 0) is 24.1 Å². The van der Waals surface area contributed by atoms with Crippen molar-refractivity contribution in [1.29, 1.82) is 0 Å². The van der Waals surface area contributed by atoms with Crippen LogP contribution in [0.2, 0.25) is 5.02 Å². The molecule has 0 aromatic heterocycles. The Morgan fingerprint density at radius 3 is 2.71 bits per heavy atom. The van der Waals surface area contributed by atoms with E-state index in [9.17, 15) is 0 Å². The highest BCUT2D eigenvalue weighted by Crippen LogP contribution is 2.26. The molecule has 0 saturated carbocycles. The van der Waals surface area contributed by atoms with E-state index >= 15 is 0 Å². The maximum atomic E-state index is 9.16. The van der Waals surface area contributed by atoms with Crippen LogP contribution in [0.15, 0.2) is 30.9 Å². The van der Waals surface area contributed by atoms with Crippen LogP contribution < -0.4 is 5.73 Å². The summed E-state index contributed by atoms with van der Waals surface area (Å²) in [6.45, 7) is 3.60. The van der Waals surface area contributed by atoms with Gasteiger partial charge in [0.1, 0.15) is 5.75 Å². The number of hydrogen-bond donors (Lipinski definition) is 2. The molecule has 0 radical (unpaired) electrons. The summed E-state index contributed by atoms with van der Waals surface area (Å²) in [6, 6.07) is 4.87. The molecule has 1 aromatic rings. The lowest BCUT2D eigenvalue weighted by atomic mass is 10.0. The van der Waals surface area contributed by atoms with Gasteiger partial charge in [-0.2, -0.15) is 0 Å². The van der Waals surface area contributed by atoms with E-state index in [0.29, 0.717) is 11.4 Å². The second-order valence-corrected chi connectivity index (χ2v) is 3.25. The number of halogens is 2. The monoisotopic (exact) mass is 233 g/mol. The van der Waals surface area contributed by atoms with Crippen LogP contribution in [0.5, 0.6) is 5.75 Å². The lowest BCUT2D eigenvalue weighted by Crippen LogP contribution is -2.08. The van der Waals surface area contributed by atoms with Gasteiger partial charge < -0.3 is 10.8 Å². The van der Waals surface area contributed by atoms with E-state index in [1.165, 1.54) is 0 Å². The highest BCUT2D eigenvalue weighted by Gasteiger charge is 2.06. The van der Waals surface area contributed by atoms with E-state index in [4.69, 9.17) is 22.4 Å². The molecule has 0 unspecified atom stereocenters. The average Bonchev–Trinajstić information content (AvgIpc) is 2.10. The standard InChI is InChI=1S/C10H12ClNO.ClH/c1-2-3-9(12)7-4-5-10(13)8(11)6-7;/h2,4-6,9,13H,1,3,12H2;1H/t9-;/m1./s1. The highest BCUT2D eigenvalue weighted by molar-refractivity contribution is 6.32. The van der Waals surface area contributed by atoms with E-state index in [1.54, 1.807) is 24.3 Å². The molecule has 3 N–H and O–H groups in total. The molecule has 0 saturated heterocycles. The Hall–Kier alpha value is -0.700. The predicted octanol–water partition coefficient (Wildman–Crippen LogP) is 3.04. The zero-order valence-corrected chi connectivity index (χ0v) is 9.18. The summed E-state index contributed by atoms with van der Waals surface area (Å²) in [5.74, 6) is 0.0798. The normalized spacial score (nSPS) is 11.6. The van der Waals surface area contributed by atoms with Crippen molar-refractivity contribution in [3.05, 3.63) is 41.4 Å². The fraction of sp³-hybridized carbons (Fsp3) is 0.200. The minimum Gasteiger partial charge on any atom is -0.506 e. The lowest BCUT2D eigenvalue weighted by Gasteiger charge is -2.09. The van der Waals surface area contributed by atoms with Gasteiger partial charge in [-0.1, -0.05) is 23.7 Å². The molecule has 0 fully saturated rings. The van der Waals surface area contributed by atoms with E-state index in [1.807, 2.05) is 0 Å². The lowest BCUT2D eigenvalue weighted by molar-refractivity contribution is 0.475. The van der Waals surface area contributed by atoms with Crippen molar-refractivity contribution in [2.24, 2.45) is 5.73 Å². The quantitative estimate of drug-likeness (QED) is 0.789. The molecular weight excluding hydrogens is 221 g/mol. The summed E-state index contributed by atoms with van der Waals surface area (Å²) in [5, 5.41) is 9.49. The first-order valence-corrected chi connectivity index (χ1v) is 4.38. The van der Waals surface area contributed by atoms with Gasteiger partial charge >= 0.3 is 0 Å². The smallest absolute Gasteiger partial charge is 0.134 e. The third kappa shape index (κ3) is 3.22. The fourth-order valence-corrected chi connectivity index (χ4v) is 1.26. The minimum absolute atomic E-state index is 0. The molecule has 0 aliphatic carbocycles. The molecule has 0 spiro atoms. The highest BCUT2D eigenvalue weighted by atomic mass is 35.5. The predicted molar refractivity (Wildman–Crippen MR) is 62.1 cm³/mol. The zero-order chi connectivity index (χ0) is 9.84. The van der Waals surface area contributed by atoms with Crippen molar-refractivity contribution in [1.82, 2.24) is 0 Å². The number of hydrogen-bond acceptors (Lipinski definition) is 2. The summed E-state index contributed by atoms with van der Waals surface area (Å²) in [6.07, 6.45) is 2.45. The van der Waals surface area contributed by atoms with Gasteiger partial charge in [-0.15, -0.1) is 19.0 Å². The Balaban J connectivity index is 0.00000169. The van der Waals surface area contributed by atoms with Gasteiger partial charge in [0.05, 0.1) is 5.02 Å². The number of nitrogens with two attached hydrogens (primary N) is 1. The molecule has 0 amide bonds. The van der Waals surface area contributed by atoms with Gasteiger partial charge in [0.25, 0.3) is 0 Å². The van der Waals surface area contributed by atoms with Crippen LogP contribution in [0.3, 0.4) is 0 Å². The van der Waals surface area contributed by atoms with Crippen molar-refractivity contribution in [2.45, 2.75) is 12.5 Å². The maximum Gasteiger partial charge on any atom is 0.134 e. The van der Waals surface area contributed by atoms with Gasteiger partial charge in [-0.3, -0.25) is 0 Å². The van der Waals surface area contributed by atoms with Crippen molar-refractivity contribution >= 4 is 24.0 Å². The van der Waals surface area contributed by atoms with Crippen molar-refractivity contribution < 1.29 is 5.11 Å². The molecule has 0 heterocycles. The van der Waals surface area contributed by atoms with Crippen molar-refractivity contribution in [3.63, 3.8) is 0 Å².